The molecule has 1 N–H and O–H groups in total. The lowest BCUT2D eigenvalue weighted by molar-refractivity contribution is 0.0688. The van der Waals surface area contributed by atoms with E-state index in [1.165, 1.54) is 22.8 Å². The first-order valence-corrected chi connectivity index (χ1v) is 4.98. The van der Waals surface area contributed by atoms with Crippen LogP contribution in [0.4, 0.5) is 4.39 Å². The van der Waals surface area contributed by atoms with E-state index in [1.54, 1.807) is 6.92 Å². The number of rotatable bonds is 2. The number of carboxylic acid groups (broad SMARTS) is 1. The zero-order chi connectivity index (χ0) is 12.6. The number of aromatic nitrogens is 2. The molecule has 5 nitrogen and oxygen atoms in total. The Kier molecular flexibility index (Phi) is 2.63. The molecule has 0 radical (unpaired) electrons. The van der Waals surface area contributed by atoms with E-state index >= 15 is 0 Å². The number of benzene rings is 1. The van der Waals surface area contributed by atoms with Gasteiger partial charge >= 0.3 is 5.97 Å². The van der Waals surface area contributed by atoms with Crippen molar-refractivity contribution in [1.82, 2.24) is 9.55 Å². The van der Waals surface area contributed by atoms with Crippen molar-refractivity contribution >= 4 is 17.0 Å². The van der Waals surface area contributed by atoms with Crippen LogP contribution in [0.2, 0.25) is 0 Å². The summed E-state index contributed by atoms with van der Waals surface area (Å²) in [5.74, 6) is -1.88. The number of hydrogen-bond acceptors (Lipinski definition) is 3. The molecule has 0 atom stereocenters. The van der Waals surface area contributed by atoms with Gasteiger partial charge in [-0.25, -0.2) is 14.2 Å². The van der Waals surface area contributed by atoms with Crippen molar-refractivity contribution in [2.24, 2.45) is 0 Å². The van der Waals surface area contributed by atoms with Crippen molar-refractivity contribution in [3.63, 3.8) is 0 Å². The van der Waals surface area contributed by atoms with Gasteiger partial charge < -0.3 is 9.67 Å². The summed E-state index contributed by atoms with van der Waals surface area (Å²) in [6, 6.07) is 3.69. The zero-order valence-corrected chi connectivity index (χ0v) is 8.98. The maximum atomic E-state index is 13.1. The molecule has 1 aromatic heterocycles. The van der Waals surface area contributed by atoms with Crippen molar-refractivity contribution in [3.8, 4) is 0 Å². The predicted molar refractivity (Wildman–Crippen MR) is 58.6 cm³/mol. The molecule has 0 unspecified atom stereocenters. The quantitative estimate of drug-likeness (QED) is 0.851. The maximum Gasteiger partial charge on any atom is 0.360 e. The van der Waals surface area contributed by atoms with Gasteiger partial charge in [0.2, 0.25) is 5.69 Å². The van der Waals surface area contributed by atoms with Crippen molar-refractivity contribution in [1.29, 1.82) is 0 Å². The summed E-state index contributed by atoms with van der Waals surface area (Å²) in [4.78, 5) is 26.3. The second-order valence-electron chi connectivity index (χ2n) is 3.45. The van der Waals surface area contributed by atoms with Crippen LogP contribution in [0, 0.1) is 5.82 Å². The first-order valence-electron chi connectivity index (χ1n) is 4.98. The van der Waals surface area contributed by atoms with Crippen molar-refractivity contribution in [2.75, 3.05) is 0 Å². The molecule has 2 aromatic rings. The van der Waals surface area contributed by atoms with E-state index < -0.39 is 23.0 Å². The zero-order valence-electron chi connectivity index (χ0n) is 8.98. The van der Waals surface area contributed by atoms with Crippen LogP contribution in [0.1, 0.15) is 17.4 Å². The minimum atomic E-state index is -1.39. The number of halogens is 1. The van der Waals surface area contributed by atoms with E-state index in [0.717, 1.165) is 0 Å². The van der Waals surface area contributed by atoms with Gasteiger partial charge in [-0.2, -0.15) is 0 Å². The van der Waals surface area contributed by atoms with Gasteiger partial charge in [-0.3, -0.25) is 4.79 Å². The smallest absolute Gasteiger partial charge is 0.360 e. The van der Waals surface area contributed by atoms with Crippen molar-refractivity contribution < 1.29 is 14.3 Å². The molecular formula is C11H9FN2O3. The summed E-state index contributed by atoms with van der Waals surface area (Å²) >= 11 is 0. The molecule has 88 valence electrons. The lowest BCUT2D eigenvalue weighted by Gasteiger charge is -2.08. The summed E-state index contributed by atoms with van der Waals surface area (Å²) in [5, 5.41) is 8.85. The van der Waals surface area contributed by atoms with Gasteiger partial charge in [-0.15, -0.1) is 0 Å². The molecular weight excluding hydrogens is 227 g/mol. The van der Waals surface area contributed by atoms with Crippen LogP contribution in [0.3, 0.4) is 0 Å². The highest BCUT2D eigenvalue weighted by molar-refractivity contribution is 5.88. The number of carbonyl (C=O) groups is 1. The molecule has 0 aliphatic carbocycles. The molecule has 0 spiro atoms. The Balaban J connectivity index is 2.94. The summed E-state index contributed by atoms with van der Waals surface area (Å²) < 4.78 is 14.3. The fourth-order valence-electron chi connectivity index (χ4n) is 1.67. The normalized spacial score (nSPS) is 10.7. The van der Waals surface area contributed by atoms with Crippen molar-refractivity contribution in [2.45, 2.75) is 13.5 Å². The standard InChI is InChI=1S/C11H9FN2O3/c1-2-14-8-5-6(12)3-4-7(8)13-9(10(14)15)11(16)17/h3-5H,2H2,1H3,(H,16,17). The summed E-state index contributed by atoms with van der Waals surface area (Å²) in [7, 11) is 0. The second kappa shape index (κ2) is 3.97. The molecule has 0 bridgehead atoms. The lowest BCUT2D eigenvalue weighted by atomic mass is 10.2. The van der Waals surface area contributed by atoms with E-state index in [1.807, 2.05) is 0 Å². The monoisotopic (exact) mass is 236 g/mol. The Morgan fingerprint density at radius 2 is 2.24 bits per heavy atom. The molecule has 1 aromatic carbocycles. The minimum absolute atomic E-state index is 0.252. The summed E-state index contributed by atoms with van der Waals surface area (Å²) in [6.07, 6.45) is 0. The van der Waals surface area contributed by atoms with Crippen LogP contribution >= 0.6 is 0 Å². The molecule has 6 heteroatoms. The Morgan fingerprint density at radius 1 is 1.53 bits per heavy atom. The van der Waals surface area contributed by atoms with Crippen LogP contribution in [0.25, 0.3) is 11.0 Å². The molecule has 0 aliphatic heterocycles. The number of carboxylic acids is 1. The number of aromatic carboxylic acids is 1. The fourth-order valence-corrected chi connectivity index (χ4v) is 1.67. The lowest BCUT2D eigenvalue weighted by Crippen LogP contribution is -2.28. The van der Waals surface area contributed by atoms with E-state index in [-0.39, 0.29) is 12.1 Å². The predicted octanol–water partition coefficient (Wildman–Crippen LogP) is 1.25. The summed E-state index contributed by atoms with van der Waals surface area (Å²) in [5.41, 5.74) is -0.697. The Labute approximate surface area is 95.1 Å². The van der Waals surface area contributed by atoms with Gasteiger partial charge in [-0.05, 0) is 25.1 Å². The highest BCUT2D eigenvalue weighted by atomic mass is 19.1. The topological polar surface area (TPSA) is 72.2 Å². The third-order valence-electron chi connectivity index (χ3n) is 2.43. The van der Waals surface area contributed by atoms with E-state index in [2.05, 4.69) is 4.98 Å². The largest absolute Gasteiger partial charge is 0.476 e. The van der Waals surface area contributed by atoms with Crippen LogP contribution in [0.15, 0.2) is 23.0 Å². The maximum absolute atomic E-state index is 13.1. The molecule has 1 heterocycles. The van der Waals surface area contributed by atoms with Gasteiger partial charge in [0.25, 0.3) is 5.56 Å². The van der Waals surface area contributed by atoms with Gasteiger partial charge in [0, 0.05) is 6.54 Å². The molecule has 17 heavy (non-hydrogen) atoms. The number of aryl methyl sites for hydroxylation is 1. The van der Waals surface area contributed by atoms with Gasteiger partial charge in [0.1, 0.15) is 5.82 Å². The Hall–Kier alpha value is -2.24. The van der Waals surface area contributed by atoms with E-state index in [4.69, 9.17) is 5.11 Å². The van der Waals surface area contributed by atoms with E-state index in [0.29, 0.717) is 5.52 Å². The number of hydrogen-bond donors (Lipinski definition) is 1. The highest BCUT2D eigenvalue weighted by Gasteiger charge is 2.15. The fraction of sp³-hybridized carbons (Fsp3) is 0.182. The number of nitrogens with zero attached hydrogens (tertiary/aromatic N) is 2. The molecule has 0 amide bonds. The highest BCUT2D eigenvalue weighted by Crippen LogP contribution is 2.12. The van der Waals surface area contributed by atoms with Gasteiger partial charge in [0.15, 0.2) is 0 Å². The van der Waals surface area contributed by atoms with E-state index in [9.17, 15) is 14.0 Å². The van der Waals surface area contributed by atoms with Gasteiger partial charge in [-0.1, -0.05) is 0 Å². The van der Waals surface area contributed by atoms with Crippen LogP contribution in [-0.2, 0) is 6.54 Å². The molecule has 0 fully saturated rings. The van der Waals surface area contributed by atoms with Crippen LogP contribution in [-0.4, -0.2) is 20.6 Å². The molecule has 0 aliphatic rings. The first-order chi connectivity index (χ1) is 8.04. The van der Waals surface area contributed by atoms with Crippen LogP contribution in [0.5, 0.6) is 0 Å². The second-order valence-corrected chi connectivity index (χ2v) is 3.45. The molecule has 0 saturated heterocycles. The third kappa shape index (κ3) is 1.77. The molecule has 0 saturated carbocycles. The van der Waals surface area contributed by atoms with Crippen LogP contribution < -0.4 is 5.56 Å². The average molecular weight is 236 g/mol. The first kappa shape index (κ1) is 11.3. The summed E-state index contributed by atoms with van der Waals surface area (Å²) in [6.45, 7) is 1.93. The van der Waals surface area contributed by atoms with Gasteiger partial charge in [0.05, 0.1) is 11.0 Å². The average Bonchev–Trinajstić information content (AvgIpc) is 2.28. The Morgan fingerprint density at radius 3 is 2.82 bits per heavy atom. The SMILES string of the molecule is CCn1c(=O)c(C(=O)O)nc2ccc(F)cc21. The third-order valence-corrected chi connectivity index (χ3v) is 2.43. The minimum Gasteiger partial charge on any atom is -0.476 e. The Bertz CT molecular complexity index is 664. The number of fused-ring (bicyclic) bond motifs is 1. The van der Waals surface area contributed by atoms with Crippen molar-refractivity contribution in [3.05, 3.63) is 40.1 Å². The molecule has 2 rings (SSSR count).